The van der Waals surface area contributed by atoms with Crippen LogP contribution in [0.2, 0.25) is 0 Å². The summed E-state index contributed by atoms with van der Waals surface area (Å²) in [6, 6.07) is 21.1. The van der Waals surface area contributed by atoms with E-state index in [-0.39, 0.29) is 22.8 Å². The summed E-state index contributed by atoms with van der Waals surface area (Å²) in [6.45, 7) is 2.35. The van der Waals surface area contributed by atoms with Gasteiger partial charge in [0.1, 0.15) is 5.84 Å². The molecule has 10 heteroatoms. The normalized spacial score (nSPS) is 13.6. The molecule has 1 saturated carbocycles. The van der Waals surface area contributed by atoms with Gasteiger partial charge in [-0.1, -0.05) is 80.5 Å². The number of hydrogen-bond acceptors (Lipinski definition) is 5. The second-order valence-electron chi connectivity index (χ2n) is 9.59. The standard InChI is InChI=1S/C29H33N5O3S2/c1-2-27(38)33-28(30)22-9-7-8-20(18-22)19-34(24-10-3-4-11-24)29(35)32-23-16-14-21(15-17-23)25-12-5-6-13-26(25)39(31,36)37/h5-9,12-18,24H,2-4,10-11,19H2,1H3,(H,32,35)(H2,30,33,38)(H2,31,36,37). The van der Waals surface area contributed by atoms with Crippen LogP contribution in [0.5, 0.6) is 0 Å². The van der Waals surface area contributed by atoms with Gasteiger partial charge in [0.05, 0.1) is 9.88 Å². The van der Waals surface area contributed by atoms with E-state index in [0.29, 0.717) is 40.3 Å². The van der Waals surface area contributed by atoms with Gasteiger partial charge in [-0.05, 0) is 54.7 Å². The van der Waals surface area contributed by atoms with Crippen molar-refractivity contribution in [1.29, 1.82) is 5.41 Å². The number of anilines is 1. The zero-order chi connectivity index (χ0) is 28.0. The Bertz CT molecular complexity index is 1470. The summed E-state index contributed by atoms with van der Waals surface area (Å²) in [5, 5.41) is 19.7. The minimum Gasteiger partial charge on any atom is -0.335 e. The highest BCUT2D eigenvalue weighted by Gasteiger charge is 2.27. The van der Waals surface area contributed by atoms with Crippen molar-refractivity contribution < 1.29 is 13.2 Å². The van der Waals surface area contributed by atoms with Crippen molar-refractivity contribution in [3.63, 3.8) is 0 Å². The molecule has 39 heavy (non-hydrogen) atoms. The van der Waals surface area contributed by atoms with Crippen LogP contribution in [0.1, 0.15) is 50.2 Å². The number of amidine groups is 1. The molecule has 3 aromatic carbocycles. The molecule has 1 aliphatic carbocycles. The molecule has 1 aliphatic rings. The van der Waals surface area contributed by atoms with E-state index < -0.39 is 10.0 Å². The minimum absolute atomic E-state index is 0.0521. The number of urea groups is 1. The lowest BCUT2D eigenvalue weighted by Gasteiger charge is -2.29. The van der Waals surface area contributed by atoms with Gasteiger partial charge in [-0.2, -0.15) is 0 Å². The largest absolute Gasteiger partial charge is 0.335 e. The first-order chi connectivity index (χ1) is 18.7. The molecule has 2 amide bonds. The molecule has 0 radical (unpaired) electrons. The van der Waals surface area contributed by atoms with Crippen molar-refractivity contribution >= 4 is 44.8 Å². The smallest absolute Gasteiger partial charge is 0.322 e. The molecule has 0 heterocycles. The molecule has 0 bridgehead atoms. The van der Waals surface area contributed by atoms with Crippen molar-refractivity contribution in [3.8, 4) is 11.1 Å². The first-order valence-corrected chi connectivity index (χ1v) is 14.9. The van der Waals surface area contributed by atoms with Gasteiger partial charge in [0.25, 0.3) is 0 Å². The van der Waals surface area contributed by atoms with E-state index in [2.05, 4.69) is 10.6 Å². The Labute approximate surface area is 235 Å². The molecular formula is C29H33N5O3S2. The predicted octanol–water partition coefficient (Wildman–Crippen LogP) is 5.63. The van der Waals surface area contributed by atoms with Crippen molar-refractivity contribution in [1.82, 2.24) is 10.2 Å². The third kappa shape index (κ3) is 7.29. The lowest BCUT2D eigenvalue weighted by Crippen LogP contribution is -2.41. The highest BCUT2D eigenvalue weighted by molar-refractivity contribution is 7.89. The SMILES string of the molecule is CCC(=S)NC(=N)c1cccc(CN(C(=O)Nc2ccc(-c3ccccc3S(N)(=O)=O)cc2)C2CCCC2)c1. The summed E-state index contributed by atoms with van der Waals surface area (Å²) in [7, 11) is -3.88. The summed E-state index contributed by atoms with van der Waals surface area (Å²) >= 11 is 5.22. The van der Waals surface area contributed by atoms with Crippen molar-refractivity contribution in [2.45, 2.75) is 56.5 Å². The molecular weight excluding hydrogens is 530 g/mol. The lowest BCUT2D eigenvalue weighted by molar-refractivity contribution is 0.184. The predicted molar refractivity (Wildman–Crippen MR) is 159 cm³/mol. The molecule has 0 atom stereocenters. The molecule has 4 rings (SSSR count). The zero-order valence-electron chi connectivity index (χ0n) is 21.8. The number of nitrogens with zero attached hydrogens (tertiary/aromatic N) is 1. The van der Waals surface area contributed by atoms with E-state index in [9.17, 15) is 13.2 Å². The summed E-state index contributed by atoms with van der Waals surface area (Å²) in [5.41, 5.74) is 3.43. The van der Waals surface area contributed by atoms with Crippen LogP contribution in [0.15, 0.2) is 77.7 Å². The zero-order valence-corrected chi connectivity index (χ0v) is 23.4. The topological polar surface area (TPSA) is 128 Å². The number of nitrogens with one attached hydrogen (secondary N) is 3. The molecule has 0 spiro atoms. The lowest BCUT2D eigenvalue weighted by atomic mass is 10.1. The number of nitrogens with two attached hydrogens (primary N) is 1. The highest BCUT2D eigenvalue weighted by atomic mass is 32.2. The van der Waals surface area contributed by atoms with Crippen molar-refractivity contribution in [3.05, 3.63) is 83.9 Å². The fourth-order valence-corrected chi connectivity index (χ4v) is 5.65. The van der Waals surface area contributed by atoms with E-state index in [1.165, 1.54) is 6.07 Å². The number of sulfonamides is 1. The highest BCUT2D eigenvalue weighted by Crippen LogP contribution is 2.29. The number of benzene rings is 3. The molecule has 5 N–H and O–H groups in total. The van der Waals surface area contributed by atoms with Crippen LogP contribution in [-0.4, -0.2) is 36.2 Å². The van der Waals surface area contributed by atoms with Crippen LogP contribution >= 0.6 is 12.2 Å². The Morgan fingerprint density at radius 3 is 2.41 bits per heavy atom. The Balaban J connectivity index is 1.51. The maximum Gasteiger partial charge on any atom is 0.322 e. The molecule has 0 unspecified atom stereocenters. The molecule has 3 aromatic rings. The molecule has 0 aliphatic heterocycles. The maximum absolute atomic E-state index is 13.5. The summed E-state index contributed by atoms with van der Waals surface area (Å²) in [6.07, 6.45) is 4.70. The minimum atomic E-state index is -3.88. The number of carbonyl (C=O) groups excluding carboxylic acids is 1. The van der Waals surface area contributed by atoms with Crippen molar-refractivity contribution in [2.24, 2.45) is 5.14 Å². The third-order valence-electron chi connectivity index (χ3n) is 6.82. The maximum atomic E-state index is 13.5. The Morgan fingerprint density at radius 1 is 1.05 bits per heavy atom. The van der Waals surface area contributed by atoms with Gasteiger partial charge in [-0.15, -0.1) is 0 Å². The van der Waals surface area contributed by atoms with E-state index in [1.807, 2.05) is 36.1 Å². The Hall–Kier alpha value is -3.60. The van der Waals surface area contributed by atoms with Crippen LogP contribution in [0, 0.1) is 5.41 Å². The summed E-state index contributed by atoms with van der Waals surface area (Å²) in [4.78, 5) is 16.0. The summed E-state index contributed by atoms with van der Waals surface area (Å²) < 4.78 is 24.0. The average molecular weight is 564 g/mol. The van der Waals surface area contributed by atoms with Crippen LogP contribution in [0.3, 0.4) is 0 Å². The summed E-state index contributed by atoms with van der Waals surface area (Å²) in [5.74, 6) is 0.240. The number of rotatable bonds is 8. The van der Waals surface area contributed by atoms with Gasteiger partial charge in [-0.3, -0.25) is 5.41 Å². The van der Waals surface area contributed by atoms with Crippen LogP contribution < -0.4 is 15.8 Å². The van der Waals surface area contributed by atoms with Gasteiger partial charge >= 0.3 is 6.03 Å². The molecule has 8 nitrogen and oxygen atoms in total. The van der Waals surface area contributed by atoms with Crippen LogP contribution in [0.25, 0.3) is 11.1 Å². The number of carbonyl (C=O) groups is 1. The molecule has 1 fully saturated rings. The fourth-order valence-electron chi connectivity index (χ4n) is 4.79. The molecule has 0 aromatic heterocycles. The van der Waals surface area contributed by atoms with Gasteiger partial charge in [-0.25, -0.2) is 18.4 Å². The number of hydrogen-bond donors (Lipinski definition) is 4. The quantitative estimate of drug-likeness (QED) is 0.160. The third-order valence-corrected chi connectivity index (χ3v) is 8.18. The van der Waals surface area contributed by atoms with Crippen LogP contribution in [-0.2, 0) is 16.6 Å². The molecule has 204 valence electrons. The fraction of sp³-hybridized carbons (Fsp3) is 0.276. The molecule has 0 saturated heterocycles. The van der Waals surface area contributed by atoms with E-state index in [0.717, 1.165) is 31.2 Å². The Morgan fingerprint density at radius 2 is 1.74 bits per heavy atom. The van der Waals surface area contributed by atoms with Crippen LogP contribution in [0.4, 0.5) is 10.5 Å². The van der Waals surface area contributed by atoms with E-state index in [4.69, 9.17) is 22.8 Å². The number of thiocarbonyl (C=S) groups is 1. The van der Waals surface area contributed by atoms with Crippen molar-refractivity contribution in [2.75, 3.05) is 5.32 Å². The average Bonchev–Trinajstić information content (AvgIpc) is 3.46. The van der Waals surface area contributed by atoms with Gasteiger partial charge in [0.2, 0.25) is 10.0 Å². The second kappa shape index (κ2) is 12.5. The van der Waals surface area contributed by atoms with Gasteiger partial charge in [0.15, 0.2) is 0 Å². The second-order valence-corrected chi connectivity index (χ2v) is 11.6. The Kier molecular flexibility index (Phi) is 9.11. The first kappa shape index (κ1) is 28.4. The first-order valence-electron chi connectivity index (χ1n) is 12.9. The van der Waals surface area contributed by atoms with E-state index in [1.54, 1.807) is 42.5 Å². The number of primary sulfonamides is 1. The number of amides is 2. The monoisotopic (exact) mass is 563 g/mol. The van der Waals surface area contributed by atoms with Gasteiger partial charge in [0, 0.05) is 29.4 Å². The van der Waals surface area contributed by atoms with Gasteiger partial charge < -0.3 is 15.5 Å². The van der Waals surface area contributed by atoms with E-state index >= 15 is 0 Å².